The van der Waals surface area contributed by atoms with Crippen LogP contribution < -0.4 is 5.32 Å². The molecule has 4 N–H and O–H groups in total. The first-order valence-corrected chi connectivity index (χ1v) is 14.6. The Labute approximate surface area is 241 Å². The summed E-state index contributed by atoms with van der Waals surface area (Å²) in [6.07, 6.45) is 9.56. The van der Waals surface area contributed by atoms with E-state index < -0.39 is 46.9 Å². The van der Waals surface area contributed by atoms with E-state index in [1.807, 2.05) is 63.4 Å². The Bertz CT molecular complexity index is 1510. The number of amides is 1. The second-order valence-corrected chi connectivity index (χ2v) is 12.1. The van der Waals surface area contributed by atoms with Gasteiger partial charge in [0, 0.05) is 35.0 Å². The molecule has 1 saturated heterocycles. The number of aromatic amines is 1. The first kappa shape index (κ1) is 28.8. The van der Waals surface area contributed by atoms with Crippen LogP contribution in [0.4, 0.5) is 0 Å². The Kier molecular flexibility index (Phi) is 7.68. The van der Waals surface area contributed by atoms with Crippen LogP contribution in [0.3, 0.4) is 0 Å². The molecule has 216 valence electrons. The van der Waals surface area contributed by atoms with Crippen molar-refractivity contribution in [3.63, 3.8) is 0 Å². The van der Waals surface area contributed by atoms with Gasteiger partial charge in [0.1, 0.15) is 11.5 Å². The Morgan fingerprint density at radius 1 is 1.12 bits per heavy atom. The molecular weight excluding hydrogens is 516 g/mol. The number of hydrogen-bond donors (Lipinski definition) is 4. The van der Waals surface area contributed by atoms with Crippen LogP contribution in [-0.4, -0.2) is 44.8 Å². The fourth-order valence-electron chi connectivity index (χ4n) is 7.61. The van der Waals surface area contributed by atoms with Crippen LogP contribution >= 0.6 is 0 Å². The van der Waals surface area contributed by atoms with E-state index >= 15 is 0 Å². The van der Waals surface area contributed by atoms with Gasteiger partial charge in [-0.15, -0.1) is 0 Å². The van der Waals surface area contributed by atoms with E-state index in [9.17, 15) is 24.6 Å². The van der Waals surface area contributed by atoms with Crippen LogP contribution in [0.25, 0.3) is 10.9 Å². The number of ketones is 2. The SMILES string of the molecule is CCC1C(C)=C(O)C2C=CCC(C)C=C(C)C(O)C(=O)C=CC(=O)C23C(=O)NC(C(C)c2c[nH]c4ccccc24)C13. The van der Waals surface area contributed by atoms with Crippen molar-refractivity contribution >= 4 is 28.4 Å². The van der Waals surface area contributed by atoms with Crippen LogP contribution in [-0.2, 0) is 14.4 Å². The predicted molar refractivity (Wildman–Crippen MR) is 159 cm³/mol. The number of allylic oxidation sites excluding steroid dienone is 5. The van der Waals surface area contributed by atoms with Gasteiger partial charge in [0.2, 0.25) is 5.91 Å². The molecule has 0 radical (unpaired) electrons. The minimum atomic E-state index is -1.65. The lowest BCUT2D eigenvalue weighted by Gasteiger charge is -2.47. The Morgan fingerprint density at radius 2 is 1.85 bits per heavy atom. The molecule has 1 aromatic carbocycles. The molecule has 0 saturated carbocycles. The van der Waals surface area contributed by atoms with E-state index in [0.29, 0.717) is 18.4 Å². The van der Waals surface area contributed by atoms with Crippen molar-refractivity contribution < 1.29 is 24.6 Å². The molecule has 2 aliphatic carbocycles. The third kappa shape index (κ3) is 4.51. The van der Waals surface area contributed by atoms with Crippen molar-refractivity contribution in [2.75, 3.05) is 0 Å². The molecule has 8 unspecified atom stereocenters. The van der Waals surface area contributed by atoms with Crippen LogP contribution in [0, 0.1) is 29.1 Å². The quantitative estimate of drug-likeness (QED) is 0.296. The van der Waals surface area contributed by atoms with Crippen molar-refractivity contribution in [3.05, 3.63) is 83.3 Å². The zero-order valence-electron chi connectivity index (χ0n) is 24.3. The highest BCUT2D eigenvalue weighted by Crippen LogP contribution is 2.58. The number of carbonyl (C=O) groups excluding carboxylic acids is 3. The van der Waals surface area contributed by atoms with Gasteiger partial charge in [0.15, 0.2) is 11.6 Å². The molecule has 7 heteroatoms. The van der Waals surface area contributed by atoms with Gasteiger partial charge in [-0.3, -0.25) is 14.4 Å². The maximum Gasteiger partial charge on any atom is 0.235 e. The van der Waals surface area contributed by atoms with E-state index in [-0.39, 0.29) is 23.5 Å². The molecule has 2 heterocycles. The number of aromatic nitrogens is 1. The number of H-pyrrole nitrogens is 1. The number of para-hydroxylation sites is 1. The third-order valence-corrected chi connectivity index (χ3v) is 9.75. The van der Waals surface area contributed by atoms with Gasteiger partial charge in [-0.2, -0.15) is 0 Å². The summed E-state index contributed by atoms with van der Waals surface area (Å²) >= 11 is 0. The monoisotopic (exact) mass is 556 g/mol. The molecule has 5 rings (SSSR count). The number of aliphatic hydroxyl groups is 2. The highest BCUT2D eigenvalue weighted by atomic mass is 16.3. The lowest BCUT2D eigenvalue weighted by molar-refractivity contribution is -0.144. The summed E-state index contributed by atoms with van der Waals surface area (Å²) in [6.45, 7) is 9.64. The summed E-state index contributed by atoms with van der Waals surface area (Å²) in [4.78, 5) is 44.9. The average Bonchev–Trinajstić information content (AvgIpc) is 3.52. The number of aliphatic hydroxyl groups excluding tert-OH is 2. The number of benzene rings is 1. The molecule has 1 fully saturated rings. The molecule has 1 amide bonds. The molecule has 2 aromatic rings. The topological polar surface area (TPSA) is 119 Å². The first-order chi connectivity index (χ1) is 19.5. The summed E-state index contributed by atoms with van der Waals surface area (Å²) in [7, 11) is 0. The van der Waals surface area contributed by atoms with E-state index in [4.69, 9.17) is 0 Å². The minimum Gasteiger partial charge on any atom is -0.512 e. The number of carbonyl (C=O) groups is 3. The second kappa shape index (κ2) is 10.9. The Hall–Kier alpha value is -3.71. The van der Waals surface area contributed by atoms with Crippen LogP contribution in [0.1, 0.15) is 58.9 Å². The summed E-state index contributed by atoms with van der Waals surface area (Å²) in [5.41, 5.74) is 1.69. The first-order valence-electron chi connectivity index (χ1n) is 14.6. The lowest BCUT2D eigenvalue weighted by atomic mass is 9.53. The largest absolute Gasteiger partial charge is 0.512 e. The van der Waals surface area contributed by atoms with E-state index in [2.05, 4.69) is 17.2 Å². The molecule has 1 aliphatic heterocycles. The molecule has 3 aliphatic rings. The summed E-state index contributed by atoms with van der Waals surface area (Å²) in [6, 6.07) is 7.60. The van der Waals surface area contributed by atoms with Crippen molar-refractivity contribution in [3.8, 4) is 0 Å². The Morgan fingerprint density at radius 3 is 2.59 bits per heavy atom. The van der Waals surface area contributed by atoms with Crippen LogP contribution in [0.15, 0.2) is 77.7 Å². The molecule has 0 bridgehead atoms. The highest BCUT2D eigenvalue weighted by molar-refractivity contribution is 6.15. The fourth-order valence-corrected chi connectivity index (χ4v) is 7.61. The number of fused-ring (bicyclic) bond motifs is 1. The maximum absolute atomic E-state index is 14.4. The van der Waals surface area contributed by atoms with Gasteiger partial charge in [-0.05, 0) is 73.5 Å². The molecule has 1 spiro atoms. The van der Waals surface area contributed by atoms with Crippen molar-refractivity contribution in [1.29, 1.82) is 0 Å². The zero-order chi connectivity index (χ0) is 29.6. The smallest absolute Gasteiger partial charge is 0.235 e. The Balaban J connectivity index is 1.70. The lowest BCUT2D eigenvalue weighted by Crippen LogP contribution is -2.54. The zero-order valence-corrected chi connectivity index (χ0v) is 24.3. The molecule has 8 atom stereocenters. The minimum absolute atomic E-state index is 0.00729. The number of nitrogens with one attached hydrogen (secondary N) is 2. The highest BCUT2D eigenvalue weighted by Gasteiger charge is 2.68. The van der Waals surface area contributed by atoms with E-state index in [1.54, 1.807) is 13.0 Å². The number of rotatable bonds is 3. The molecule has 41 heavy (non-hydrogen) atoms. The molecule has 7 nitrogen and oxygen atoms in total. The fraction of sp³-hybridized carbons (Fsp3) is 0.441. The van der Waals surface area contributed by atoms with Crippen LogP contribution in [0.5, 0.6) is 0 Å². The van der Waals surface area contributed by atoms with Gasteiger partial charge < -0.3 is 20.5 Å². The van der Waals surface area contributed by atoms with Gasteiger partial charge in [-0.1, -0.05) is 57.2 Å². The van der Waals surface area contributed by atoms with Gasteiger partial charge in [0.25, 0.3) is 0 Å². The standard InChI is InChI=1S/C34H40N2O5/c1-6-22-21(5)32(40)25-12-9-10-18(2)16-19(3)31(39)27(37)14-15-28(38)34(25)29(22)30(36-33(34)41)20(4)24-17-35-26-13-8-7-11-23(24)26/h7-9,11-18,20,22,25,29-31,35,39-40H,6,10H2,1-5H3,(H,36,41). The predicted octanol–water partition coefficient (Wildman–Crippen LogP) is 5.46. The number of hydrogen-bond acceptors (Lipinski definition) is 5. The van der Waals surface area contributed by atoms with E-state index in [0.717, 1.165) is 34.2 Å². The summed E-state index contributed by atoms with van der Waals surface area (Å²) in [5, 5.41) is 26.5. The van der Waals surface area contributed by atoms with Crippen molar-refractivity contribution in [2.24, 2.45) is 29.1 Å². The van der Waals surface area contributed by atoms with Crippen molar-refractivity contribution in [1.82, 2.24) is 10.3 Å². The summed E-state index contributed by atoms with van der Waals surface area (Å²) in [5.74, 6) is -3.30. The summed E-state index contributed by atoms with van der Waals surface area (Å²) < 4.78 is 0. The van der Waals surface area contributed by atoms with Gasteiger partial charge in [-0.25, -0.2) is 0 Å². The van der Waals surface area contributed by atoms with Gasteiger partial charge in [0.05, 0.1) is 11.7 Å². The second-order valence-electron chi connectivity index (χ2n) is 12.1. The van der Waals surface area contributed by atoms with Crippen LogP contribution in [0.2, 0.25) is 0 Å². The average molecular weight is 557 g/mol. The van der Waals surface area contributed by atoms with Crippen molar-refractivity contribution in [2.45, 2.75) is 65.5 Å². The van der Waals surface area contributed by atoms with E-state index in [1.165, 1.54) is 0 Å². The normalized spacial score (nSPS) is 33.4. The van der Waals surface area contributed by atoms with Gasteiger partial charge >= 0.3 is 0 Å². The molecular formula is C34H40N2O5. The molecule has 1 aromatic heterocycles. The third-order valence-electron chi connectivity index (χ3n) is 9.75. The maximum atomic E-state index is 14.4.